The molecule has 202 valence electrons. The molecule has 3 aromatic carbocycles. The summed E-state index contributed by atoms with van der Waals surface area (Å²) < 4.78 is 28.7. The lowest BCUT2D eigenvalue weighted by atomic mass is 10.1. The summed E-state index contributed by atoms with van der Waals surface area (Å²) >= 11 is 6.16. The molecule has 1 atom stereocenters. The zero-order valence-corrected chi connectivity index (χ0v) is 23.9. The van der Waals surface area contributed by atoms with Crippen molar-refractivity contribution < 1.29 is 18.0 Å². The summed E-state index contributed by atoms with van der Waals surface area (Å²) in [6.07, 6.45) is 0. The van der Waals surface area contributed by atoms with Gasteiger partial charge in [0.1, 0.15) is 12.6 Å². The minimum absolute atomic E-state index is 0.0727. The van der Waals surface area contributed by atoms with Crippen molar-refractivity contribution in [2.75, 3.05) is 10.8 Å². The topological polar surface area (TPSA) is 86.8 Å². The van der Waals surface area contributed by atoms with Gasteiger partial charge in [0, 0.05) is 17.6 Å². The normalized spacial score (nSPS) is 12.2. The van der Waals surface area contributed by atoms with Gasteiger partial charge in [-0.1, -0.05) is 59.1 Å². The summed E-state index contributed by atoms with van der Waals surface area (Å²) in [5, 5.41) is 3.33. The molecule has 0 aromatic heterocycles. The van der Waals surface area contributed by atoms with Gasteiger partial charge in [-0.3, -0.25) is 13.9 Å². The minimum atomic E-state index is -4.09. The van der Waals surface area contributed by atoms with Gasteiger partial charge in [0.2, 0.25) is 11.8 Å². The van der Waals surface area contributed by atoms with E-state index in [9.17, 15) is 18.0 Å². The number of aryl methyl sites for hydroxylation is 2. The highest BCUT2D eigenvalue weighted by Gasteiger charge is 2.32. The Kier molecular flexibility index (Phi) is 9.57. The van der Waals surface area contributed by atoms with Gasteiger partial charge in [0.25, 0.3) is 10.0 Å². The summed E-state index contributed by atoms with van der Waals surface area (Å²) in [7, 11) is -4.09. The lowest BCUT2D eigenvalue weighted by molar-refractivity contribution is -0.139. The maximum absolute atomic E-state index is 13.9. The van der Waals surface area contributed by atoms with Gasteiger partial charge in [0.05, 0.1) is 10.6 Å². The third-order valence-corrected chi connectivity index (χ3v) is 8.07. The number of nitrogens with zero attached hydrogens (tertiary/aromatic N) is 2. The molecule has 0 radical (unpaired) electrons. The van der Waals surface area contributed by atoms with E-state index >= 15 is 0 Å². The second-order valence-electron chi connectivity index (χ2n) is 9.65. The molecule has 3 rings (SSSR count). The standard InChI is InChI=1S/C29H34ClN3O4S/c1-20(2)31-29(35)23(5)32(18-24-7-6-8-25(30)17-24)28(34)19-33(26-13-9-21(3)10-14-26)38(36,37)27-15-11-22(4)12-16-27/h6-17,20,23H,18-19H2,1-5H3,(H,31,35). The fourth-order valence-electron chi connectivity index (χ4n) is 3.90. The predicted octanol–water partition coefficient (Wildman–Crippen LogP) is 5.09. The number of halogens is 1. The van der Waals surface area contributed by atoms with Gasteiger partial charge < -0.3 is 10.2 Å². The van der Waals surface area contributed by atoms with E-state index in [-0.39, 0.29) is 23.4 Å². The molecule has 0 fully saturated rings. The van der Waals surface area contributed by atoms with Gasteiger partial charge in [-0.2, -0.15) is 0 Å². The van der Waals surface area contributed by atoms with Crippen LogP contribution in [-0.2, 0) is 26.2 Å². The van der Waals surface area contributed by atoms with Crippen LogP contribution >= 0.6 is 11.6 Å². The van der Waals surface area contributed by atoms with Crippen LogP contribution in [0.5, 0.6) is 0 Å². The lowest BCUT2D eigenvalue weighted by Crippen LogP contribution is -2.52. The molecule has 3 aromatic rings. The van der Waals surface area contributed by atoms with Gasteiger partial charge in [0.15, 0.2) is 0 Å². The van der Waals surface area contributed by atoms with E-state index in [2.05, 4.69) is 5.32 Å². The number of benzene rings is 3. The van der Waals surface area contributed by atoms with Crippen LogP contribution in [0.2, 0.25) is 5.02 Å². The van der Waals surface area contributed by atoms with Gasteiger partial charge >= 0.3 is 0 Å². The van der Waals surface area contributed by atoms with Crippen molar-refractivity contribution in [1.82, 2.24) is 10.2 Å². The Bertz CT molecular complexity index is 1370. The number of carbonyl (C=O) groups is 2. The molecule has 9 heteroatoms. The molecule has 0 aliphatic rings. The summed E-state index contributed by atoms with van der Waals surface area (Å²) in [5.74, 6) is -0.855. The third kappa shape index (κ3) is 7.36. The fraction of sp³-hybridized carbons (Fsp3) is 0.310. The van der Waals surface area contributed by atoms with Gasteiger partial charge in [-0.15, -0.1) is 0 Å². The van der Waals surface area contributed by atoms with Crippen molar-refractivity contribution in [3.63, 3.8) is 0 Å². The van der Waals surface area contributed by atoms with Gasteiger partial charge in [-0.05, 0) is 76.6 Å². The Labute approximate surface area is 230 Å². The molecule has 1 N–H and O–H groups in total. The molecule has 0 aliphatic carbocycles. The quantitative estimate of drug-likeness (QED) is 0.377. The molecule has 7 nitrogen and oxygen atoms in total. The predicted molar refractivity (Wildman–Crippen MR) is 152 cm³/mol. The maximum Gasteiger partial charge on any atom is 0.264 e. The Hall–Kier alpha value is -3.36. The third-order valence-electron chi connectivity index (χ3n) is 6.05. The van der Waals surface area contributed by atoms with E-state index in [0.29, 0.717) is 10.7 Å². The van der Waals surface area contributed by atoms with Crippen LogP contribution in [-0.4, -0.2) is 43.8 Å². The van der Waals surface area contributed by atoms with E-state index in [1.165, 1.54) is 17.0 Å². The van der Waals surface area contributed by atoms with Crippen LogP contribution in [0.1, 0.15) is 37.5 Å². The molecule has 0 aliphatic heterocycles. The van der Waals surface area contributed by atoms with Crippen LogP contribution in [0.15, 0.2) is 77.7 Å². The Morgan fingerprint density at radius 3 is 2.03 bits per heavy atom. The van der Waals surface area contributed by atoms with Crippen LogP contribution in [0.25, 0.3) is 0 Å². The molecule has 0 heterocycles. The number of hydrogen-bond donors (Lipinski definition) is 1. The molecule has 0 saturated heterocycles. The molecule has 0 spiro atoms. The highest BCUT2D eigenvalue weighted by atomic mass is 35.5. The van der Waals surface area contributed by atoms with E-state index in [1.54, 1.807) is 67.6 Å². The summed E-state index contributed by atoms with van der Waals surface area (Å²) in [6, 6.07) is 19.4. The second kappa shape index (κ2) is 12.5. The molecule has 0 saturated carbocycles. The van der Waals surface area contributed by atoms with E-state index in [4.69, 9.17) is 11.6 Å². The highest BCUT2D eigenvalue weighted by Crippen LogP contribution is 2.25. The Morgan fingerprint density at radius 2 is 1.47 bits per heavy atom. The van der Waals surface area contributed by atoms with Crippen LogP contribution in [0.4, 0.5) is 5.69 Å². The molecule has 1 unspecified atom stereocenters. The van der Waals surface area contributed by atoms with Crippen LogP contribution in [0.3, 0.4) is 0 Å². The van der Waals surface area contributed by atoms with Crippen molar-refractivity contribution in [3.05, 3.63) is 94.5 Å². The molecule has 2 amide bonds. The summed E-state index contributed by atoms with van der Waals surface area (Å²) in [6.45, 7) is 8.66. The van der Waals surface area contributed by atoms with Crippen molar-refractivity contribution in [3.8, 4) is 0 Å². The highest BCUT2D eigenvalue weighted by molar-refractivity contribution is 7.92. The summed E-state index contributed by atoms with van der Waals surface area (Å²) in [5.41, 5.74) is 2.94. The number of anilines is 1. The SMILES string of the molecule is Cc1ccc(N(CC(=O)N(Cc2cccc(Cl)c2)C(C)C(=O)NC(C)C)S(=O)(=O)c2ccc(C)cc2)cc1. The zero-order chi connectivity index (χ0) is 28.0. The minimum Gasteiger partial charge on any atom is -0.352 e. The first-order valence-electron chi connectivity index (χ1n) is 12.4. The Balaban J connectivity index is 2.02. The number of sulfonamides is 1. The average molecular weight is 556 g/mol. The first-order valence-corrected chi connectivity index (χ1v) is 14.2. The van der Waals surface area contributed by atoms with E-state index in [1.807, 2.05) is 27.7 Å². The first kappa shape index (κ1) is 29.2. The largest absolute Gasteiger partial charge is 0.352 e. The fourth-order valence-corrected chi connectivity index (χ4v) is 5.52. The smallest absolute Gasteiger partial charge is 0.264 e. The number of carbonyl (C=O) groups excluding carboxylic acids is 2. The number of nitrogens with one attached hydrogen (secondary N) is 1. The van der Waals surface area contributed by atoms with Crippen LogP contribution < -0.4 is 9.62 Å². The molecular weight excluding hydrogens is 522 g/mol. The first-order chi connectivity index (χ1) is 17.9. The van der Waals surface area contributed by atoms with Crippen molar-refractivity contribution in [2.24, 2.45) is 0 Å². The molecule has 0 bridgehead atoms. The Morgan fingerprint density at radius 1 is 0.895 bits per heavy atom. The lowest BCUT2D eigenvalue weighted by Gasteiger charge is -2.32. The second-order valence-corrected chi connectivity index (χ2v) is 11.9. The van der Waals surface area contributed by atoms with E-state index < -0.39 is 28.5 Å². The maximum atomic E-state index is 13.9. The van der Waals surface area contributed by atoms with Crippen molar-refractivity contribution in [1.29, 1.82) is 0 Å². The monoisotopic (exact) mass is 555 g/mol. The van der Waals surface area contributed by atoms with Crippen LogP contribution in [0, 0.1) is 13.8 Å². The molecular formula is C29H34ClN3O4S. The van der Waals surface area contributed by atoms with Gasteiger partial charge in [-0.25, -0.2) is 8.42 Å². The van der Waals surface area contributed by atoms with E-state index in [0.717, 1.165) is 21.0 Å². The summed E-state index contributed by atoms with van der Waals surface area (Å²) in [4.78, 5) is 28.2. The number of rotatable bonds is 10. The van der Waals surface area contributed by atoms with Crippen molar-refractivity contribution in [2.45, 2.75) is 58.1 Å². The van der Waals surface area contributed by atoms with Crippen molar-refractivity contribution >= 4 is 39.1 Å². The molecule has 38 heavy (non-hydrogen) atoms. The zero-order valence-electron chi connectivity index (χ0n) is 22.3. The average Bonchev–Trinajstić information content (AvgIpc) is 2.86. The number of hydrogen-bond acceptors (Lipinski definition) is 4. The number of amides is 2.